The Bertz CT molecular complexity index is 1040. The molecular formula is C19H24N4O5S2. The van der Waals surface area contributed by atoms with E-state index in [0.717, 1.165) is 0 Å². The third-order valence-corrected chi connectivity index (χ3v) is 8.03. The van der Waals surface area contributed by atoms with Crippen LogP contribution >= 0.6 is 11.8 Å². The van der Waals surface area contributed by atoms with Crippen LogP contribution < -0.4 is 9.47 Å². The number of carbonyl (C=O) groups is 1. The first kappa shape index (κ1) is 21.0. The lowest BCUT2D eigenvalue weighted by Crippen LogP contribution is -2.42. The maximum Gasteiger partial charge on any atom is 0.232 e. The fourth-order valence-electron chi connectivity index (χ4n) is 3.60. The second-order valence-electron chi connectivity index (χ2n) is 7.56. The van der Waals surface area contributed by atoms with Crippen LogP contribution in [0, 0.1) is 0 Å². The molecule has 30 heavy (non-hydrogen) atoms. The molecule has 11 heteroatoms. The van der Waals surface area contributed by atoms with E-state index in [1.165, 1.54) is 11.8 Å². The molecule has 0 bridgehead atoms. The van der Waals surface area contributed by atoms with Gasteiger partial charge in [-0.05, 0) is 18.6 Å². The smallest absolute Gasteiger partial charge is 0.232 e. The Morgan fingerprint density at radius 2 is 2.07 bits per heavy atom. The molecule has 162 valence electrons. The summed E-state index contributed by atoms with van der Waals surface area (Å²) in [5, 5.41) is 8.91. The standard InChI is InChI=1S/C19H24N4O5S2/c1-22(9-14-10-27-15-5-3-4-6-16(15)28-14)17(24)11-29-19-21-20-18(23(19)2)13-7-8-30(25,26)12-13/h3-6,13-14H,7-12H2,1-2H3/t13-,14-/m0/s1. The van der Waals surface area contributed by atoms with Crippen molar-refractivity contribution >= 4 is 27.5 Å². The van der Waals surface area contributed by atoms with Crippen molar-refractivity contribution < 1.29 is 22.7 Å². The maximum absolute atomic E-state index is 12.6. The lowest BCUT2D eigenvalue weighted by atomic mass is 10.1. The lowest BCUT2D eigenvalue weighted by molar-refractivity contribution is -0.128. The third-order valence-electron chi connectivity index (χ3n) is 5.26. The second-order valence-corrected chi connectivity index (χ2v) is 10.7. The van der Waals surface area contributed by atoms with Gasteiger partial charge in [0.2, 0.25) is 5.91 Å². The minimum atomic E-state index is -2.99. The van der Waals surface area contributed by atoms with Gasteiger partial charge in [-0.15, -0.1) is 10.2 Å². The van der Waals surface area contributed by atoms with E-state index in [2.05, 4.69) is 10.2 Å². The molecule has 0 unspecified atom stereocenters. The number of benzene rings is 1. The zero-order chi connectivity index (χ0) is 21.3. The van der Waals surface area contributed by atoms with E-state index in [1.54, 1.807) is 23.6 Å². The number of para-hydroxylation sites is 2. The van der Waals surface area contributed by atoms with Gasteiger partial charge in [-0.3, -0.25) is 4.79 Å². The Balaban J connectivity index is 1.30. The highest BCUT2D eigenvalue weighted by atomic mass is 32.2. The number of sulfone groups is 1. The van der Waals surface area contributed by atoms with E-state index in [0.29, 0.717) is 42.1 Å². The molecular weight excluding hydrogens is 428 g/mol. The molecule has 1 aromatic heterocycles. The number of aromatic nitrogens is 3. The van der Waals surface area contributed by atoms with Crippen LogP contribution in [0.2, 0.25) is 0 Å². The molecule has 0 saturated carbocycles. The molecule has 1 saturated heterocycles. The number of nitrogens with zero attached hydrogens (tertiary/aromatic N) is 4. The van der Waals surface area contributed by atoms with E-state index in [4.69, 9.17) is 9.47 Å². The van der Waals surface area contributed by atoms with Gasteiger partial charge in [0.05, 0.1) is 23.8 Å². The molecule has 0 aliphatic carbocycles. The van der Waals surface area contributed by atoms with Crippen molar-refractivity contribution in [1.29, 1.82) is 0 Å². The average molecular weight is 453 g/mol. The first-order chi connectivity index (χ1) is 14.3. The summed E-state index contributed by atoms with van der Waals surface area (Å²) in [7, 11) is 0.550. The second kappa shape index (κ2) is 8.46. The Hall–Kier alpha value is -2.27. The number of fused-ring (bicyclic) bond motifs is 1. The number of likely N-dealkylation sites (N-methyl/N-ethyl adjacent to an activating group) is 1. The molecule has 2 aliphatic rings. The highest BCUT2D eigenvalue weighted by Crippen LogP contribution is 2.31. The molecule has 1 amide bonds. The van der Waals surface area contributed by atoms with Crippen LogP contribution in [0.15, 0.2) is 29.4 Å². The average Bonchev–Trinajstić information content (AvgIpc) is 3.27. The fourth-order valence-corrected chi connectivity index (χ4v) is 6.20. The molecule has 2 atom stereocenters. The highest BCUT2D eigenvalue weighted by Gasteiger charge is 2.32. The number of hydrogen-bond donors (Lipinski definition) is 0. The number of hydrogen-bond acceptors (Lipinski definition) is 8. The van der Waals surface area contributed by atoms with E-state index < -0.39 is 9.84 Å². The normalized spacial score (nSPS) is 22.1. The Kier molecular flexibility index (Phi) is 5.92. The summed E-state index contributed by atoms with van der Waals surface area (Å²) in [6, 6.07) is 7.47. The lowest BCUT2D eigenvalue weighted by Gasteiger charge is -2.29. The van der Waals surface area contributed by atoms with Crippen LogP contribution in [0.5, 0.6) is 11.5 Å². The summed E-state index contributed by atoms with van der Waals surface area (Å²) >= 11 is 1.29. The van der Waals surface area contributed by atoms with Crippen molar-refractivity contribution in [2.45, 2.75) is 23.6 Å². The first-order valence-electron chi connectivity index (χ1n) is 9.67. The van der Waals surface area contributed by atoms with Crippen LogP contribution in [0.4, 0.5) is 0 Å². The molecule has 3 heterocycles. The zero-order valence-electron chi connectivity index (χ0n) is 16.9. The van der Waals surface area contributed by atoms with Crippen LogP contribution in [0.3, 0.4) is 0 Å². The van der Waals surface area contributed by atoms with E-state index >= 15 is 0 Å². The molecule has 2 aliphatic heterocycles. The molecule has 0 radical (unpaired) electrons. The summed E-state index contributed by atoms with van der Waals surface area (Å²) in [6.45, 7) is 0.802. The molecule has 0 spiro atoms. The van der Waals surface area contributed by atoms with Crippen LogP contribution in [0.1, 0.15) is 18.2 Å². The highest BCUT2D eigenvalue weighted by molar-refractivity contribution is 7.99. The number of carbonyl (C=O) groups excluding carboxylic acids is 1. The Morgan fingerprint density at radius 1 is 1.30 bits per heavy atom. The minimum absolute atomic E-state index is 0.0598. The minimum Gasteiger partial charge on any atom is -0.486 e. The van der Waals surface area contributed by atoms with Gasteiger partial charge in [-0.25, -0.2) is 8.42 Å². The van der Waals surface area contributed by atoms with E-state index in [1.807, 2.05) is 24.3 Å². The van der Waals surface area contributed by atoms with Crippen molar-refractivity contribution in [3.05, 3.63) is 30.1 Å². The monoisotopic (exact) mass is 452 g/mol. The number of rotatable bonds is 6. The van der Waals surface area contributed by atoms with E-state index in [9.17, 15) is 13.2 Å². The SMILES string of the molecule is CN(C[C@H]1COc2ccccc2O1)C(=O)CSc1nnc([C@H]2CCS(=O)(=O)C2)n1C. The summed E-state index contributed by atoms with van der Waals surface area (Å²) in [4.78, 5) is 14.2. The van der Waals surface area contributed by atoms with Gasteiger partial charge in [0.25, 0.3) is 0 Å². The van der Waals surface area contributed by atoms with Gasteiger partial charge in [-0.2, -0.15) is 0 Å². The zero-order valence-corrected chi connectivity index (χ0v) is 18.5. The van der Waals surface area contributed by atoms with Crippen molar-refractivity contribution in [3.63, 3.8) is 0 Å². The van der Waals surface area contributed by atoms with E-state index in [-0.39, 0.29) is 35.2 Å². The molecule has 2 aromatic rings. The predicted octanol–water partition coefficient (Wildman–Crippen LogP) is 1.11. The van der Waals surface area contributed by atoms with Gasteiger partial charge < -0.3 is 18.9 Å². The molecule has 0 N–H and O–H groups in total. The van der Waals surface area contributed by atoms with Crippen molar-refractivity contribution in [2.75, 3.05) is 37.5 Å². The van der Waals surface area contributed by atoms with Gasteiger partial charge in [0.15, 0.2) is 32.6 Å². The van der Waals surface area contributed by atoms with Crippen LogP contribution in [-0.2, 0) is 21.7 Å². The quantitative estimate of drug-likeness (QED) is 0.601. The van der Waals surface area contributed by atoms with Gasteiger partial charge >= 0.3 is 0 Å². The number of amides is 1. The Labute approximate surface area is 179 Å². The molecule has 1 aromatic carbocycles. The summed E-state index contributed by atoms with van der Waals surface area (Å²) in [6.07, 6.45) is 0.331. The topological polar surface area (TPSA) is 104 Å². The molecule has 9 nitrogen and oxygen atoms in total. The summed E-state index contributed by atoms with van der Waals surface area (Å²) in [5.74, 6) is 2.37. The largest absolute Gasteiger partial charge is 0.486 e. The number of thioether (sulfide) groups is 1. The maximum atomic E-state index is 12.6. The van der Waals surface area contributed by atoms with Crippen LogP contribution in [-0.4, -0.2) is 77.6 Å². The van der Waals surface area contributed by atoms with Gasteiger partial charge in [-0.1, -0.05) is 23.9 Å². The number of ether oxygens (including phenoxy) is 2. The summed E-state index contributed by atoms with van der Waals surface area (Å²) in [5.41, 5.74) is 0. The fraction of sp³-hybridized carbons (Fsp3) is 0.526. The van der Waals surface area contributed by atoms with Crippen LogP contribution in [0.25, 0.3) is 0 Å². The predicted molar refractivity (Wildman–Crippen MR) is 112 cm³/mol. The van der Waals surface area contributed by atoms with Crippen molar-refractivity contribution in [3.8, 4) is 11.5 Å². The first-order valence-corrected chi connectivity index (χ1v) is 12.5. The molecule has 4 rings (SSSR count). The summed E-state index contributed by atoms with van der Waals surface area (Å²) < 4.78 is 36.8. The van der Waals surface area contributed by atoms with Crippen molar-refractivity contribution in [1.82, 2.24) is 19.7 Å². The van der Waals surface area contributed by atoms with Gasteiger partial charge in [0, 0.05) is 20.0 Å². The van der Waals surface area contributed by atoms with Crippen molar-refractivity contribution in [2.24, 2.45) is 7.05 Å². The molecule has 1 fully saturated rings. The third kappa shape index (κ3) is 4.56. The van der Waals surface area contributed by atoms with Gasteiger partial charge in [0.1, 0.15) is 12.4 Å². The Morgan fingerprint density at radius 3 is 2.80 bits per heavy atom.